The average molecular weight is 649 g/mol. The van der Waals surface area contributed by atoms with Crippen molar-refractivity contribution >= 4 is 35.8 Å². The number of carbonyl (C=O) groups is 6. The van der Waals surface area contributed by atoms with Gasteiger partial charge in [0.25, 0.3) is 0 Å². The molecule has 0 aliphatic carbocycles. The van der Waals surface area contributed by atoms with Crippen LogP contribution in [0, 0.1) is 0 Å². The van der Waals surface area contributed by atoms with E-state index in [1.807, 2.05) is 0 Å². The van der Waals surface area contributed by atoms with Crippen LogP contribution in [0.3, 0.4) is 0 Å². The lowest BCUT2D eigenvalue weighted by Gasteiger charge is -2.14. The van der Waals surface area contributed by atoms with Gasteiger partial charge < -0.3 is 40.9 Å². The highest BCUT2D eigenvalue weighted by Gasteiger charge is 2.27. The molecule has 14 heteroatoms. The van der Waals surface area contributed by atoms with Crippen LogP contribution in [-0.4, -0.2) is 76.7 Å². The van der Waals surface area contributed by atoms with Crippen molar-refractivity contribution < 1.29 is 69.6 Å². The summed E-state index contributed by atoms with van der Waals surface area (Å²) in [6.45, 7) is 1.78. The molecular weight excluding hydrogens is 620 g/mol. The summed E-state index contributed by atoms with van der Waals surface area (Å²) in [6.07, 6.45) is 0.0393. The molecule has 47 heavy (non-hydrogen) atoms. The fourth-order valence-corrected chi connectivity index (χ4v) is 4.18. The third-order valence-corrected chi connectivity index (χ3v) is 6.38. The molecule has 8 N–H and O–H groups in total. The van der Waals surface area contributed by atoms with Crippen LogP contribution in [0.4, 0.5) is 0 Å². The Morgan fingerprint density at radius 1 is 0.532 bits per heavy atom. The first-order chi connectivity index (χ1) is 22.1. The molecule has 0 fully saturated rings. The van der Waals surface area contributed by atoms with Crippen molar-refractivity contribution in [3.63, 3.8) is 0 Å². The number of aromatic carboxylic acids is 5. The minimum absolute atomic E-state index is 0.0393. The van der Waals surface area contributed by atoms with Crippen molar-refractivity contribution in [3.8, 4) is 22.6 Å². The second-order valence-electron chi connectivity index (χ2n) is 9.59. The van der Waals surface area contributed by atoms with Gasteiger partial charge in [0.05, 0.1) is 34.2 Å². The number of aliphatic carboxylic acids is 1. The summed E-state index contributed by atoms with van der Waals surface area (Å²) in [6, 6.07) is 19.2. The number of rotatable bonds is 9. The largest absolute Gasteiger partial charge is 0.508 e. The number of phenolic OH excluding ortho intramolecular Hbond substituents is 2. The number of hydrogen-bond donors (Lipinski definition) is 8. The van der Waals surface area contributed by atoms with Gasteiger partial charge >= 0.3 is 35.8 Å². The summed E-state index contributed by atoms with van der Waals surface area (Å²) in [4.78, 5) is 65.1. The Morgan fingerprint density at radius 2 is 0.979 bits per heavy atom. The predicted molar refractivity (Wildman–Crippen MR) is 164 cm³/mol. The zero-order chi connectivity index (χ0) is 35.4. The van der Waals surface area contributed by atoms with Crippen LogP contribution in [0.15, 0.2) is 84.9 Å². The molecule has 4 aromatic carbocycles. The van der Waals surface area contributed by atoms with Crippen LogP contribution in [0.2, 0.25) is 0 Å². The molecule has 0 spiro atoms. The molecule has 4 rings (SSSR count). The van der Waals surface area contributed by atoms with Crippen LogP contribution in [0.25, 0.3) is 11.1 Å². The molecule has 4 aromatic rings. The molecule has 0 bridgehead atoms. The van der Waals surface area contributed by atoms with Gasteiger partial charge in [-0.1, -0.05) is 43.3 Å². The van der Waals surface area contributed by atoms with E-state index in [1.165, 1.54) is 48.5 Å². The zero-order valence-corrected chi connectivity index (χ0v) is 24.4. The maximum Gasteiger partial charge on any atom is 0.337 e. The summed E-state index contributed by atoms with van der Waals surface area (Å²) in [5, 5.41) is 72.4. The van der Waals surface area contributed by atoms with Crippen molar-refractivity contribution in [3.05, 3.63) is 118 Å². The Kier molecular flexibility index (Phi) is 12.7. The summed E-state index contributed by atoms with van der Waals surface area (Å²) < 4.78 is 0. The number of aromatic hydroxyl groups is 2. The highest BCUT2D eigenvalue weighted by molar-refractivity contribution is 6.11. The van der Waals surface area contributed by atoms with Crippen LogP contribution in [0.5, 0.6) is 11.5 Å². The first-order valence-electron chi connectivity index (χ1n) is 13.3. The summed E-state index contributed by atoms with van der Waals surface area (Å²) >= 11 is 0. The maximum atomic E-state index is 11.5. The van der Waals surface area contributed by atoms with Gasteiger partial charge in [0.15, 0.2) is 0 Å². The second kappa shape index (κ2) is 16.4. The van der Waals surface area contributed by atoms with E-state index in [1.54, 1.807) is 31.2 Å². The van der Waals surface area contributed by atoms with Crippen LogP contribution < -0.4 is 0 Å². The lowest BCUT2D eigenvalue weighted by atomic mass is 9.90. The molecule has 0 aliphatic rings. The number of hydrogen-bond acceptors (Lipinski definition) is 8. The van der Waals surface area contributed by atoms with Crippen LogP contribution >= 0.6 is 0 Å². The van der Waals surface area contributed by atoms with E-state index in [0.29, 0.717) is 5.56 Å². The van der Waals surface area contributed by atoms with Crippen LogP contribution in [0.1, 0.15) is 76.6 Å². The molecule has 0 saturated carbocycles. The number of carboxylic acid groups (broad SMARTS) is 6. The van der Waals surface area contributed by atoms with E-state index in [0.717, 1.165) is 12.1 Å². The normalized spacial score (nSPS) is 10.6. The van der Waals surface area contributed by atoms with Crippen molar-refractivity contribution in [2.75, 3.05) is 0 Å². The van der Waals surface area contributed by atoms with E-state index in [9.17, 15) is 49.2 Å². The van der Waals surface area contributed by atoms with Gasteiger partial charge in [0.2, 0.25) is 0 Å². The lowest BCUT2D eigenvalue weighted by Crippen LogP contribution is -2.13. The number of phenols is 2. The first-order valence-corrected chi connectivity index (χ1v) is 13.3. The molecule has 0 aromatic heterocycles. The predicted octanol–water partition coefficient (Wildman–Crippen LogP) is 5.21. The third-order valence-electron chi connectivity index (χ3n) is 6.38. The van der Waals surface area contributed by atoms with Crippen molar-refractivity contribution in [2.45, 2.75) is 19.3 Å². The Morgan fingerprint density at radius 3 is 1.38 bits per heavy atom. The van der Waals surface area contributed by atoms with E-state index < -0.39 is 52.5 Å². The zero-order valence-electron chi connectivity index (χ0n) is 24.4. The summed E-state index contributed by atoms with van der Waals surface area (Å²) in [5.74, 6) is -7.86. The minimum atomic E-state index is -1.60. The Bertz CT molecular complexity index is 1780. The quantitative estimate of drug-likeness (QED) is 0.116. The monoisotopic (exact) mass is 648 g/mol. The van der Waals surface area contributed by atoms with Crippen LogP contribution in [-0.2, 0) is 4.79 Å². The van der Waals surface area contributed by atoms with Gasteiger partial charge in [-0.05, 0) is 60.0 Å². The Labute approximate surface area is 265 Å². The second-order valence-corrected chi connectivity index (χ2v) is 9.59. The summed E-state index contributed by atoms with van der Waals surface area (Å²) in [5.41, 5.74) is -1.23. The van der Waals surface area contributed by atoms with E-state index in [-0.39, 0.29) is 46.1 Å². The molecule has 0 heterocycles. The average Bonchev–Trinajstić information content (AvgIpc) is 3.01. The molecule has 0 radical (unpaired) electrons. The standard InChI is InChI=1S/C15H10O7.C10H12O3.C8H6O4/c16-10-4-2-1-3-7(10)11-8(13(17)18)5-6-9(14(19)20)12(11)15(21)22;1-7(6-10(12)13)8-4-2-3-5-9(8)11;9-7(10)5-1-2-6(4-3-5)8(11)12/h1-6,16H,(H,17,18)(H,19,20)(H,21,22);2-5,7,11H,6H2,1H3,(H,12,13);1-4H,(H,9,10)(H,11,12). The van der Waals surface area contributed by atoms with Gasteiger partial charge in [0, 0.05) is 11.1 Å². The first kappa shape index (κ1) is 36.5. The van der Waals surface area contributed by atoms with E-state index in [2.05, 4.69) is 0 Å². The molecule has 0 saturated heterocycles. The molecule has 1 unspecified atom stereocenters. The number of carboxylic acids is 6. The van der Waals surface area contributed by atoms with Crippen molar-refractivity contribution in [1.82, 2.24) is 0 Å². The van der Waals surface area contributed by atoms with E-state index in [4.69, 9.17) is 20.4 Å². The highest BCUT2D eigenvalue weighted by atomic mass is 16.4. The smallest absolute Gasteiger partial charge is 0.337 e. The molecule has 0 aliphatic heterocycles. The van der Waals surface area contributed by atoms with E-state index >= 15 is 0 Å². The number of para-hydroxylation sites is 2. The number of benzene rings is 4. The molecule has 14 nitrogen and oxygen atoms in total. The molecule has 244 valence electrons. The van der Waals surface area contributed by atoms with Gasteiger partial charge in [-0.2, -0.15) is 0 Å². The minimum Gasteiger partial charge on any atom is -0.508 e. The maximum absolute atomic E-state index is 11.5. The third kappa shape index (κ3) is 9.90. The SMILES string of the molecule is CC(CC(=O)O)c1ccccc1O.O=C(O)c1ccc(C(=O)O)c(-c2ccccc2O)c1C(=O)O.O=C(O)c1ccc(C(=O)O)cc1. The lowest BCUT2D eigenvalue weighted by molar-refractivity contribution is -0.137. The van der Waals surface area contributed by atoms with Gasteiger partial charge in [-0.25, -0.2) is 24.0 Å². The Balaban J connectivity index is 0.000000263. The highest BCUT2D eigenvalue weighted by Crippen LogP contribution is 2.36. The fourth-order valence-electron chi connectivity index (χ4n) is 4.18. The fraction of sp³-hybridized carbons (Fsp3) is 0.0909. The van der Waals surface area contributed by atoms with Gasteiger partial charge in [0.1, 0.15) is 11.5 Å². The molecule has 0 amide bonds. The summed E-state index contributed by atoms with van der Waals surface area (Å²) in [7, 11) is 0. The van der Waals surface area contributed by atoms with Crippen molar-refractivity contribution in [2.24, 2.45) is 0 Å². The van der Waals surface area contributed by atoms with Crippen molar-refractivity contribution in [1.29, 1.82) is 0 Å². The Hall–Kier alpha value is -6.70. The van der Waals surface area contributed by atoms with Gasteiger partial charge in [-0.15, -0.1) is 0 Å². The molecule has 1 atom stereocenters. The topological polar surface area (TPSA) is 264 Å². The van der Waals surface area contributed by atoms with Gasteiger partial charge in [-0.3, -0.25) is 4.79 Å². The molecular formula is C33H28O14.